The summed E-state index contributed by atoms with van der Waals surface area (Å²) in [6.45, 7) is 0. The standard InChI is InChI=1S/C6H6NO3S/c8-7(9)5-1-3-6(11-10)4-2-5/h1-4,7-8H/q+1. The van der Waals surface area contributed by atoms with E-state index in [1.54, 1.807) is 0 Å². The predicted molar refractivity (Wildman–Crippen MR) is 38.5 cm³/mol. The molecule has 2 N–H and O–H groups in total. The first-order chi connectivity index (χ1) is 5.24. The van der Waals surface area contributed by atoms with E-state index in [2.05, 4.69) is 0 Å². The van der Waals surface area contributed by atoms with Crippen LogP contribution in [0.4, 0.5) is 5.69 Å². The molecule has 11 heavy (non-hydrogen) atoms. The van der Waals surface area contributed by atoms with Crippen molar-refractivity contribution in [3.8, 4) is 0 Å². The summed E-state index contributed by atoms with van der Waals surface area (Å²) in [5, 5.41) is 17.8. The molecule has 0 heterocycles. The predicted octanol–water partition coefficient (Wildman–Crippen LogP) is -0.123. The molecular weight excluding hydrogens is 166 g/mol. The Morgan fingerprint density at radius 3 is 2.27 bits per heavy atom. The first-order valence-electron chi connectivity index (χ1n) is 2.87. The van der Waals surface area contributed by atoms with Gasteiger partial charge in [-0.15, -0.1) is 0 Å². The van der Waals surface area contributed by atoms with Crippen molar-refractivity contribution in [2.75, 3.05) is 0 Å². The molecule has 0 saturated heterocycles. The highest BCUT2D eigenvalue weighted by molar-refractivity contribution is 7.65. The quantitative estimate of drug-likeness (QED) is 0.482. The van der Waals surface area contributed by atoms with Crippen LogP contribution in [0.25, 0.3) is 0 Å². The van der Waals surface area contributed by atoms with Gasteiger partial charge in [0.15, 0.2) is 5.69 Å². The molecule has 0 amide bonds. The Morgan fingerprint density at radius 1 is 1.36 bits per heavy atom. The third-order valence-corrected chi connectivity index (χ3v) is 1.66. The fourth-order valence-corrected chi connectivity index (χ4v) is 0.900. The van der Waals surface area contributed by atoms with Gasteiger partial charge in [-0.25, -0.2) is 5.21 Å². The van der Waals surface area contributed by atoms with Crippen LogP contribution in [0.15, 0.2) is 29.2 Å². The first kappa shape index (κ1) is 8.22. The molecule has 1 aromatic rings. The second-order valence-corrected chi connectivity index (χ2v) is 2.55. The van der Waals surface area contributed by atoms with Gasteiger partial charge < -0.3 is 5.21 Å². The van der Waals surface area contributed by atoms with Crippen molar-refractivity contribution in [1.29, 1.82) is 0 Å². The molecule has 58 valence electrons. The van der Waals surface area contributed by atoms with Crippen molar-refractivity contribution >= 4 is 17.4 Å². The van der Waals surface area contributed by atoms with Gasteiger partial charge in [0.05, 0.1) is 0 Å². The van der Waals surface area contributed by atoms with Crippen LogP contribution in [-0.4, -0.2) is 5.21 Å². The molecule has 5 heteroatoms. The van der Waals surface area contributed by atoms with Gasteiger partial charge in [-0.05, 0) is 0 Å². The Labute approximate surface area is 67.1 Å². The summed E-state index contributed by atoms with van der Waals surface area (Å²) in [5.74, 6) is 0. The van der Waals surface area contributed by atoms with Gasteiger partial charge in [-0.3, -0.25) is 0 Å². The Kier molecular flexibility index (Phi) is 2.61. The van der Waals surface area contributed by atoms with Crippen LogP contribution in [0.2, 0.25) is 0 Å². The van der Waals surface area contributed by atoms with Gasteiger partial charge in [-0.1, -0.05) is 0 Å². The zero-order chi connectivity index (χ0) is 8.27. The molecule has 1 rings (SSSR count). The van der Waals surface area contributed by atoms with Crippen molar-refractivity contribution in [3.63, 3.8) is 0 Å². The van der Waals surface area contributed by atoms with E-state index in [0.717, 1.165) is 0 Å². The van der Waals surface area contributed by atoms with Crippen LogP contribution < -0.4 is 5.23 Å². The Morgan fingerprint density at radius 2 is 1.91 bits per heavy atom. The maximum Gasteiger partial charge on any atom is 0.505 e. The Balaban J connectivity index is 2.91. The van der Waals surface area contributed by atoms with Gasteiger partial charge >= 0.3 is 11.7 Å². The van der Waals surface area contributed by atoms with E-state index >= 15 is 0 Å². The highest BCUT2D eigenvalue weighted by Gasteiger charge is 2.06. The Hall–Kier alpha value is -0.880. The summed E-state index contributed by atoms with van der Waals surface area (Å²) < 4.78 is 10.2. The topological polar surface area (TPSA) is 64.8 Å². The highest BCUT2D eigenvalue weighted by Crippen LogP contribution is 2.04. The minimum absolute atomic E-state index is 0.197. The number of quaternary nitrogens is 1. The molecule has 0 aliphatic heterocycles. The molecule has 0 aromatic heterocycles. The van der Waals surface area contributed by atoms with Crippen LogP contribution in [0.5, 0.6) is 0 Å². The van der Waals surface area contributed by atoms with Gasteiger partial charge in [0.25, 0.3) is 4.90 Å². The smallest absolute Gasteiger partial charge is 0.505 e. The average Bonchev–Trinajstić information content (AvgIpc) is 2.05. The number of rotatable bonds is 2. The second kappa shape index (κ2) is 3.49. The summed E-state index contributed by atoms with van der Waals surface area (Å²) in [7, 11) is 0. The van der Waals surface area contributed by atoms with E-state index in [4.69, 9.17) is 5.21 Å². The van der Waals surface area contributed by atoms with Gasteiger partial charge in [0.1, 0.15) is 0 Å². The molecule has 0 aliphatic carbocycles. The van der Waals surface area contributed by atoms with Crippen molar-refractivity contribution in [1.82, 2.24) is 0 Å². The fraction of sp³-hybridized carbons (Fsp3) is 0. The van der Waals surface area contributed by atoms with E-state index in [9.17, 15) is 9.42 Å². The third-order valence-electron chi connectivity index (χ3n) is 1.20. The largest absolute Gasteiger partial charge is 0.595 e. The van der Waals surface area contributed by atoms with Gasteiger partial charge in [0, 0.05) is 28.5 Å². The van der Waals surface area contributed by atoms with Crippen molar-refractivity contribution in [3.05, 3.63) is 29.5 Å². The summed E-state index contributed by atoms with van der Waals surface area (Å²) in [5.41, 5.74) is 0.197. The molecule has 4 nitrogen and oxygen atoms in total. The van der Waals surface area contributed by atoms with E-state index in [1.165, 1.54) is 24.3 Å². The maximum atomic E-state index is 10.3. The van der Waals surface area contributed by atoms with Crippen molar-refractivity contribution in [2.24, 2.45) is 0 Å². The Bertz CT molecular complexity index is 247. The van der Waals surface area contributed by atoms with E-state index < -0.39 is 5.23 Å². The van der Waals surface area contributed by atoms with Crippen LogP contribution in [0, 0.1) is 5.21 Å². The van der Waals surface area contributed by atoms with E-state index in [0.29, 0.717) is 16.6 Å². The van der Waals surface area contributed by atoms with E-state index in [-0.39, 0.29) is 5.69 Å². The van der Waals surface area contributed by atoms with Crippen LogP contribution >= 0.6 is 0 Å². The molecule has 1 atom stereocenters. The number of nitrogens with one attached hydrogen (secondary N) is 1. The van der Waals surface area contributed by atoms with Crippen LogP contribution in [0.1, 0.15) is 0 Å². The molecule has 1 aromatic carbocycles. The molecule has 0 bridgehead atoms. The lowest BCUT2D eigenvalue weighted by molar-refractivity contribution is -0.991. The molecule has 1 unspecified atom stereocenters. The molecule has 0 spiro atoms. The molecule has 0 radical (unpaired) electrons. The maximum absolute atomic E-state index is 10.3. The molecule has 0 aliphatic rings. The fourth-order valence-electron chi connectivity index (χ4n) is 0.653. The molecular formula is C6H6NO3S+. The van der Waals surface area contributed by atoms with Crippen LogP contribution in [-0.2, 0) is 15.9 Å². The normalized spacial score (nSPS) is 12.5. The molecule has 0 saturated carbocycles. The second-order valence-electron chi connectivity index (χ2n) is 1.91. The van der Waals surface area contributed by atoms with E-state index in [1.807, 2.05) is 0 Å². The van der Waals surface area contributed by atoms with Crippen molar-refractivity contribution in [2.45, 2.75) is 4.90 Å². The summed E-state index contributed by atoms with van der Waals surface area (Å²) in [6.07, 6.45) is 0. The van der Waals surface area contributed by atoms with Gasteiger partial charge in [-0.2, -0.15) is 5.23 Å². The van der Waals surface area contributed by atoms with Gasteiger partial charge in [0.2, 0.25) is 0 Å². The zero-order valence-electron chi connectivity index (χ0n) is 5.48. The summed E-state index contributed by atoms with van der Waals surface area (Å²) in [6, 6.07) is 5.79. The first-order valence-corrected chi connectivity index (χ1v) is 3.61. The van der Waals surface area contributed by atoms with Crippen molar-refractivity contribution < 1.29 is 14.6 Å². The lowest BCUT2D eigenvalue weighted by atomic mass is 10.3. The average molecular weight is 172 g/mol. The highest BCUT2D eigenvalue weighted by atomic mass is 32.1. The lowest BCUT2D eigenvalue weighted by Crippen LogP contribution is -2.99. The van der Waals surface area contributed by atoms with Crippen LogP contribution in [0.3, 0.4) is 0 Å². The monoisotopic (exact) mass is 172 g/mol. The summed E-state index contributed by atoms with van der Waals surface area (Å²) >= 11 is 0.346. The number of hydrogen-bond donors (Lipinski definition) is 2. The minimum atomic E-state index is -0.979. The zero-order valence-corrected chi connectivity index (χ0v) is 6.30. The summed E-state index contributed by atoms with van der Waals surface area (Å²) in [4.78, 5) is 0.523. The SMILES string of the molecule is O=[S+]c1ccc([NH+]([O-])O)cc1. The molecule has 0 fully saturated rings. The lowest BCUT2D eigenvalue weighted by Gasteiger charge is -2.09. The number of benzene rings is 1. The number of hydrogen-bond acceptors (Lipinski definition) is 3. The third kappa shape index (κ3) is 2.02. The minimum Gasteiger partial charge on any atom is -0.595 e.